The lowest BCUT2D eigenvalue weighted by molar-refractivity contribution is -0.384. The molecule has 1 heterocycles. The van der Waals surface area contributed by atoms with Gasteiger partial charge in [0.2, 0.25) is 0 Å². The number of benzene rings is 2. The zero-order valence-electron chi connectivity index (χ0n) is 10.7. The van der Waals surface area contributed by atoms with Crippen molar-refractivity contribution < 1.29 is 9.72 Å². The molecule has 0 saturated carbocycles. The molecule has 0 fully saturated rings. The predicted octanol–water partition coefficient (Wildman–Crippen LogP) is 2.75. The van der Waals surface area contributed by atoms with E-state index in [2.05, 4.69) is 0 Å². The summed E-state index contributed by atoms with van der Waals surface area (Å²) < 4.78 is 0. The van der Waals surface area contributed by atoms with E-state index in [1.54, 1.807) is 11.0 Å². The Bertz CT molecular complexity index is 683. The Kier molecular flexibility index (Phi) is 2.95. The fourth-order valence-corrected chi connectivity index (χ4v) is 2.39. The summed E-state index contributed by atoms with van der Waals surface area (Å²) in [5, 5.41) is 10.8. The number of non-ortho nitro benzene ring substituents is 1. The molecule has 1 amide bonds. The highest BCUT2D eigenvalue weighted by Crippen LogP contribution is 2.27. The summed E-state index contributed by atoms with van der Waals surface area (Å²) in [4.78, 5) is 24.3. The second kappa shape index (κ2) is 4.77. The van der Waals surface area contributed by atoms with Crippen molar-refractivity contribution in [2.24, 2.45) is 0 Å². The Balaban J connectivity index is 1.85. The lowest BCUT2D eigenvalue weighted by Crippen LogP contribution is -2.23. The van der Waals surface area contributed by atoms with E-state index in [9.17, 15) is 14.9 Å². The van der Waals surface area contributed by atoms with Crippen molar-refractivity contribution in [3.8, 4) is 0 Å². The van der Waals surface area contributed by atoms with Crippen LogP contribution in [0.3, 0.4) is 0 Å². The zero-order valence-corrected chi connectivity index (χ0v) is 10.7. The van der Waals surface area contributed by atoms with Gasteiger partial charge in [0.15, 0.2) is 0 Å². The molecule has 3 rings (SSSR count). The van der Waals surface area contributed by atoms with Crippen molar-refractivity contribution in [3.05, 3.63) is 75.3 Å². The maximum absolute atomic E-state index is 12.3. The van der Waals surface area contributed by atoms with Gasteiger partial charge >= 0.3 is 0 Å². The average Bonchev–Trinajstić information content (AvgIpc) is 2.76. The molecule has 0 spiro atoms. The van der Waals surface area contributed by atoms with Crippen LogP contribution in [0.15, 0.2) is 48.5 Å². The van der Waals surface area contributed by atoms with Crippen LogP contribution in [0, 0.1) is 10.1 Å². The number of amides is 1. The Morgan fingerprint density at radius 3 is 2.60 bits per heavy atom. The summed E-state index contributed by atoms with van der Waals surface area (Å²) in [5.41, 5.74) is 2.29. The first-order chi connectivity index (χ1) is 9.65. The van der Waals surface area contributed by atoms with Crippen LogP contribution in [0.1, 0.15) is 21.5 Å². The number of carbonyl (C=O) groups is 1. The summed E-state index contributed by atoms with van der Waals surface area (Å²) in [5.74, 6) is -0.146. The number of hydrogen-bond acceptors (Lipinski definition) is 3. The highest BCUT2D eigenvalue weighted by molar-refractivity contribution is 5.98. The monoisotopic (exact) mass is 268 g/mol. The lowest BCUT2D eigenvalue weighted by atomic mass is 10.1. The Morgan fingerprint density at radius 2 is 1.90 bits per heavy atom. The van der Waals surface area contributed by atoms with Gasteiger partial charge in [0.1, 0.15) is 0 Å². The summed E-state index contributed by atoms with van der Waals surface area (Å²) >= 11 is 0. The molecule has 0 N–H and O–H groups in total. The fourth-order valence-electron chi connectivity index (χ4n) is 2.39. The molecule has 20 heavy (non-hydrogen) atoms. The van der Waals surface area contributed by atoms with Crippen molar-refractivity contribution in [1.29, 1.82) is 0 Å². The first-order valence-electron chi connectivity index (χ1n) is 6.25. The molecule has 0 bridgehead atoms. The molecule has 0 atom stereocenters. The van der Waals surface area contributed by atoms with Crippen molar-refractivity contribution in [3.63, 3.8) is 0 Å². The summed E-state index contributed by atoms with van der Waals surface area (Å²) in [6, 6.07) is 14.2. The van der Waals surface area contributed by atoms with E-state index < -0.39 is 4.92 Å². The zero-order chi connectivity index (χ0) is 14.1. The minimum atomic E-state index is -0.479. The van der Waals surface area contributed by atoms with E-state index in [1.165, 1.54) is 12.1 Å². The number of rotatable bonds is 3. The molecule has 2 aromatic carbocycles. The molecular weight excluding hydrogens is 256 g/mol. The number of nitro benzene ring substituents is 1. The highest BCUT2D eigenvalue weighted by Gasteiger charge is 2.28. The Morgan fingerprint density at radius 1 is 1.15 bits per heavy atom. The third kappa shape index (κ3) is 2.14. The molecule has 5 nitrogen and oxygen atoms in total. The van der Waals surface area contributed by atoms with Crippen LogP contribution in [0.4, 0.5) is 5.69 Å². The van der Waals surface area contributed by atoms with Crippen LogP contribution in [0.2, 0.25) is 0 Å². The number of fused-ring (bicyclic) bond motifs is 1. The molecule has 0 aromatic heterocycles. The van der Waals surface area contributed by atoms with Crippen LogP contribution in [0.25, 0.3) is 0 Å². The first-order valence-corrected chi connectivity index (χ1v) is 6.25. The van der Waals surface area contributed by atoms with Crippen LogP contribution in [-0.4, -0.2) is 15.7 Å². The van der Waals surface area contributed by atoms with Crippen LogP contribution >= 0.6 is 0 Å². The second-order valence-corrected chi connectivity index (χ2v) is 4.75. The summed E-state index contributed by atoms with van der Waals surface area (Å²) in [6.07, 6.45) is 0. The van der Waals surface area contributed by atoms with Gasteiger partial charge in [-0.05, 0) is 17.2 Å². The van der Waals surface area contributed by atoms with Gasteiger partial charge in [0.25, 0.3) is 11.6 Å². The normalized spacial score (nSPS) is 13.4. The average molecular weight is 268 g/mol. The summed E-state index contributed by atoms with van der Waals surface area (Å²) in [7, 11) is 0. The minimum Gasteiger partial charge on any atom is -0.330 e. The molecule has 1 aliphatic rings. The van der Waals surface area contributed by atoms with Gasteiger partial charge in [-0.1, -0.05) is 30.3 Å². The predicted molar refractivity (Wildman–Crippen MR) is 73.1 cm³/mol. The number of hydrogen-bond donors (Lipinski definition) is 0. The maximum atomic E-state index is 12.3. The summed E-state index contributed by atoms with van der Waals surface area (Å²) in [6.45, 7) is 1.02. The minimum absolute atomic E-state index is 0.0429. The largest absolute Gasteiger partial charge is 0.330 e. The molecule has 5 heteroatoms. The van der Waals surface area contributed by atoms with Crippen molar-refractivity contribution >= 4 is 11.6 Å². The van der Waals surface area contributed by atoms with Crippen molar-refractivity contribution in [2.75, 3.05) is 0 Å². The molecule has 100 valence electrons. The third-order valence-electron chi connectivity index (χ3n) is 3.40. The number of nitrogens with zero attached hydrogens (tertiary/aromatic N) is 2. The first kappa shape index (κ1) is 12.3. The van der Waals surface area contributed by atoms with Crippen molar-refractivity contribution in [2.45, 2.75) is 13.1 Å². The van der Waals surface area contributed by atoms with E-state index in [1.807, 2.05) is 30.3 Å². The van der Waals surface area contributed by atoms with E-state index in [0.717, 1.165) is 11.1 Å². The van der Waals surface area contributed by atoms with Crippen LogP contribution in [-0.2, 0) is 13.1 Å². The topological polar surface area (TPSA) is 63.4 Å². The van der Waals surface area contributed by atoms with E-state index in [-0.39, 0.29) is 11.6 Å². The van der Waals surface area contributed by atoms with Gasteiger partial charge < -0.3 is 4.90 Å². The highest BCUT2D eigenvalue weighted by atomic mass is 16.6. The Hall–Kier alpha value is -2.69. The van der Waals surface area contributed by atoms with Crippen LogP contribution in [0.5, 0.6) is 0 Å². The van der Waals surface area contributed by atoms with E-state index in [0.29, 0.717) is 18.7 Å². The lowest BCUT2D eigenvalue weighted by Gasteiger charge is -2.15. The van der Waals surface area contributed by atoms with Crippen molar-refractivity contribution in [1.82, 2.24) is 4.90 Å². The van der Waals surface area contributed by atoms with Gasteiger partial charge in [-0.15, -0.1) is 0 Å². The smallest absolute Gasteiger partial charge is 0.270 e. The van der Waals surface area contributed by atoms with Gasteiger partial charge in [0.05, 0.1) is 10.5 Å². The molecule has 1 aliphatic heterocycles. The van der Waals surface area contributed by atoms with Gasteiger partial charge in [-0.3, -0.25) is 14.9 Å². The van der Waals surface area contributed by atoms with E-state index >= 15 is 0 Å². The second-order valence-electron chi connectivity index (χ2n) is 4.75. The molecule has 0 aliphatic carbocycles. The van der Waals surface area contributed by atoms with Gasteiger partial charge in [0, 0.05) is 25.2 Å². The quantitative estimate of drug-likeness (QED) is 0.635. The maximum Gasteiger partial charge on any atom is 0.270 e. The molecule has 0 saturated heterocycles. The van der Waals surface area contributed by atoms with Gasteiger partial charge in [-0.25, -0.2) is 0 Å². The SMILES string of the molecule is O=C1c2cc([N+](=O)[O-])ccc2CN1Cc1ccccc1. The third-order valence-corrected chi connectivity index (χ3v) is 3.40. The molecule has 0 radical (unpaired) electrons. The standard InChI is InChI=1S/C15H12N2O3/c18-15-14-8-13(17(19)20)7-6-12(14)10-16(15)9-11-4-2-1-3-5-11/h1-8H,9-10H2. The number of nitro groups is 1. The molecular formula is C15H12N2O3. The number of carbonyl (C=O) groups excluding carboxylic acids is 1. The Labute approximate surface area is 115 Å². The molecule has 2 aromatic rings. The van der Waals surface area contributed by atoms with Gasteiger partial charge in [-0.2, -0.15) is 0 Å². The molecule has 0 unspecified atom stereocenters. The fraction of sp³-hybridized carbons (Fsp3) is 0.133. The van der Waals surface area contributed by atoms with E-state index in [4.69, 9.17) is 0 Å². The van der Waals surface area contributed by atoms with Crippen LogP contribution < -0.4 is 0 Å².